The van der Waals surface area contributed by atoms with Gasteiger partial charge < -0.3 is 5.73 Å². The summed E-state index contributed by atoms with van der Waals surface area (Å²) in [6.07, 6.45) is 0. The van der Waals surface area contributed by atoms with E-state index in [1.807, 2.05) is 19.1 Å². The van der Waals surface area contributed by atoms with E-state index < -0.39 is 10.0 Å². The Labute approximate surface area is 126 Å². The van der Waals surface area contributed by atoms with Crippen molar-refractivity contribution in [3.05, 3.63) is 51.6 Å². The van der Waals surface area contributed by atoms with Crippen molar-refractivity contribution >= 4 is 44.0 Å². The van der Waals surface area contributed by atoms with Gasteiger partial charge in [-0.25, -0.2) is 8.42 Å². The predicted octanol–water partition coefficient (Wildman–Crippen LogP) is 2.98. The second-order valence-electron chi connectivity index (χ2n) is 4.16. The standard InChI is InChI=1S/C13H13IN2O2S/c1-9-5-6-12(14)13(7-9)16-19(17,18)11-4-2-3-10(15)8-11/h2-8,16H,15H2,1H3. The minimum absolute atomic E-state index is 0.157. The normalized spacial score (nSPS) is 11.3. The Kier molecular flexibility index (Phi) is 4.00. The molecule has 0 aliphatic heterocycles. The summed E-state index contributed by atoms with van der Waals surface area (Å²) >= 11 is 2.09. The van der Waals surface area contributed by atoms with Crippen molar-refractivity contribution < 1.29 is 8.42 Å². The van der Waals surface area contributed by atoms with Crippen LogP contribution in [0.4, 0.5) is 11.4 Å². The van der Waals surface area contributed by atoms with Crippen LogP contribution in [0.3, 0.4) is 0 Å². The van der Waals surface area contributed by atoms with Crippen molar-refractivity contribution in [1.29, 1.82) is 0 Å². The summed E-state index contributed by atoms with van der Waals surface area (Å²) in [7, 11) is -3.61. The molecule has 0 fully saturated rings. The summed E-state index contributed by atoms with van der Waals surface area (Å²) in [5.41, 5.74) is 7.59. The molecule has 0 spiro atoms. The Bertz CT molecular complexity index is 714. The third-order valence-electron chi connectivity index (χ3n) is 2.53. The zero-order valence-corrected chi connectivity index (χ0v) is 13.2. The average molecular weight is 388 g/mol. The van der Waals surface area contributed by atoms with Crippen molar-refractivity contribution in [1.82, 2.24) is 0 Å². The summed E-state index contributed by atoms with van der Waals surface area (Å²) in [4.78, 5) is 0.157. The molecule has 0 amide bonds. The van der Waals surface area contributed by atoms with Crippen molar-refractivity contribution in [2.45, 2.75) is 11.8 Å². The molecule has 19 heavy (non-hydrogen) atoms. The van der Waals surface area contributed by atoms with Gasteiger partial charge in [0.15, 0.2) is 0 Å². The molecule has 0 heterocycles. The Morgan fingerprint density at radius 1 is 1.16 bits per heavy atom. The lowest BCUT2D eigenvalue weighted by Crippen LogP contribution is -2.14. The van der Waals surface area contributed by atoms with Gasteiger partial charge in [-0.1, -0.05) is 12.1 Å². The van der Waals surface area contributed by atoms with Gasteiger partial charge in [-0.2, -0.15) is 0 Å². The molecule has 100 valence electrons. The molecule has 4 nitrogen and oxygen atoms in total. The first-order valence-corrected chi connectivity index (χ1v) is 8.09. The van der Waals surface area contributed by atoms with Crippen LogP contribution in [0.15, 0.2) is 47.4 Å². The van der Waals surface area contributed by atoms with Gasteiger partial charge in [-0.15, -0.1) is 0 Å². The van der Waals surface area contributed by atoms with Gasteiger partial charge in [0.05, 0.1) is 10.6 Å². The molecular formula is C13H13IN2O2S. The monoisotopic (exact) mass is 388 g/mol. The lowest BCUT2D eigenvalue weighted by molar-refractivity contribution is 0.601. The highest BCUT2D eigenvalue weighted by Crippen LogP contribution is 2.23. The number of sulfonamides is 1. The van der Waals surface area contributed by atoms with Gasteiger partial charge in [0.25, 0.3) is 10.0 Å². The Balaban J connectivity index is 2.39. The van der Waals surface area contributed by atoms with Crippen LogP contribution in [0.25, 0.3) is 0 Å². The van der Waals surface area contributed by atoms with Crippen LogP contribution in [0.2, 0.25) is 0 Å². The van der Waals surface area contributed by atoms with E-state index in [1.54, 1.807) is 18.2 Å². The zero-order chi connectivity index (χ0) is 14.0. The van der Waals surface area contributed by atoms with Crippen LogP contribution in [-0.2, 0) is 10.0 Å². The van der Waals surface area contributed by atoms with Crippen LogP contribution in [0.1, 0.15) is 5.56 Å². The van der Waals surface area contributed by atoms with Crippen molar-refractivity contribution in [3.8, 4) is 0 Å². The highest BCUT2D eigenvalue weighted by atomic mass is 127. The van der Waals surface area contributed by atoms with Crippen molar-refractivity contribution in [3.63, 3.8) is 0 Å². The number of halogens is 1. The van der Waals surface area contributed by atoms with E-state index in [9.17, 15) is 8.42 Å². The molecule has 2 aromatic carbocycles. The van der Waals surface area contributed by atoms with Crippen molar-refractivity contribution in [2.75, 3.05) is 10.5 Å². The first kappa shape index (κ1) is 14.1. The van der Waals surface area contributed by atoms with Gasteiger partial charge in [-0.3, -0.25) is 4.72 Å². The topological polar surface area (TPSA) is 72.2 Å². The van der Waals surface area contributed by atoms with E-state index in [4.69, 9.17) is 5.73 Å². The number of hydrogen-bond donors (Lipinski definition) is 2. The molecule has 0 aliphatic carbocycles. The van der Waals surface area contributed by atoms with Crippen LogP contribution in [0.5, 0.6) is 0 Å². The molecule has 0 aromatic heterocycles. The quantitative estimate of drug-likeness (QED) is 0.627. The number of nitrogen functional groups attached to an aromatic ring is 1. The minimum Gasteiger partial charge on any atom is -0.399 e. The molecule has 0 bridgehead atoms. The number of benzene rings is 2. The molecule has 0 aliphatic rings. The number of nitrogens with one attached hydrogen (secondary N) is 1. The van der Waals surface area contributed by atoms with Crippen LogP contribution in [-0.4, -0.2) is 8.42 Å². The van der Waals surface area contributed by atoms with Gasteiger partial charge in [0.1, 0.15) is 0 Å². The second kappa shape index (κ2) is 5.38. The third-order valence-corrected chi connectivity index (χ3v) is 4.84. The maximum atomic E-state index is 12.2. The SMILES string of the molecule is Cc1ccc(I)c(NS(=O)(=O)c2cccc(N)c2)c1. The second-order valence-corrected chi connectivity index (χ2v) is 7.01. The Hall–Kier alpha value is -1.28. The van der Waals surface area contributed by atoms with Gasteiger partial charge >= 0.3 is 0 Å². The fourth-order valence-corrected chi connectivity index (χ4v) is 3.38. The summed E-state index contributed by atoms with van der Waals surface area (Å²) in [6, 6.07) is 11.8. The zero-order valence-electron chi connectivity index (χ0n) is 10.2. The maximum absolute atomic E-state index is 12.2. The van der Waals surface area contributed by atoms with E-state index in [0.717, 1.165) is 9.13 Å². The van der Waals surface area contributed by atoms with E-state index in [-0.39, 0.29) is 4.90 Å². The highest BCUT2D eigenvalue weighted by Gasteiger charge is 2.15. The first-order valence-electron chi connectivity index (χ1n) is 5.53. The summed E-state index contributed by atoms with van der Waals surface area (Å²) < 4.78 is 27.9. The summed E-state index contributed by atoms with van der Waals surface area (Å²) in [6.45, 7) is 1.91. The van der Waals surface area contributed by atoms with Crippen LogP contribution >= 0.6 is 22.6 Å². The van der Waals surface area contributed by atoms with Crippen LogP contribution < -0.4 is 10.5 Å². The smallest absolute Gasteiger partial charge is 0.262 e. The molecule has 0 unspecified atom stereocenters. The first-order chi connectivity index (χ1) is 8.88. The lowest BCUT2D eigenvalue weighted by Gasteiger charge is -2.11. The number of hydrogen-bond acceptors (Lipinski definition) is 3. The lowest BCUT2D eigenvalue weighted by atomic mass is 10.2. The molecule has 2 rings (SSSR count). The van der Waals surface area contributed by atoms with Gasteiger partial charge in [-0.05, 0) is 65.4 Å². The molecular weight excluding hydrogens is 375 g/mol. The highest BCUT2D eigenvalue weighted by molar-refractivity contribution is 14.1. The maximum Gasteiger partial charge on any atom is 0.262 e. The third kappa shape index (κ3) is 3.38. The van der Waals surface area contributed by atoms with Crippen LogP contribution in [0, 0.1) is 10.5 Å². The van der Waals surface area contributed by atoms with Crippen molar-refractivity contribution in [2.24, 2.45) is 0 Å². The van der Waals surface area contributed by atoms with E-state index in [2.05, 4.69) is 27.3 Å². The molecule has 0 saturated carbocycles. The number of anilines is 2. The fourth-order valence-electron chi connectivity index (χ4n) is 1.60. The molecule has 2 aromatic rings. The number of nitrogens with two attached hydrogens (primary N) is 1. The molecule has 0 saturated heterocycles. The molecule has 6 heteroatoms. The van der Waals surface area contributed by atoms with E-state index in [1.165, 1.54) is 12.1 Å². The summed E-state index contributed by atoms with van der Waals surface area (Å²) in [5.74, 6) is 0. The molecule has 0 atom stereocenters. The fraction of sp³-hybridized carbons (Fsp3) is 0.0769. The number of aryl methyl sites for hydroxylation is 1. The van der Waals surface area contributed by atoms with E-state index >= 15 is 0 Å². The number of rotatable bonds is 3. The Morgan fingerprint density at radius 2 is 1.89 bits per heavy atom. The van der Waals surface area contributed by atoms with Gasteiger partial charge in [0, 0.05) is 9.26 Å². The summed E-state index contributed by atoms with van der Waals surface area (Å²) in [5, 5.41) is 0. The van der Waals surface area contributed by atoms with E-state index in [0.29, 0.717) is 11.4 Å². The largest absolute Gasteiger partial charge is 0.399 e. The van der Waals surface area contributed by atoms with Gasteiger partial charge in [0.2, 0.25) is 0 Å². The Morgan fingerprint density at radius 3 is 2.58 bits per heavy atom. The minimum atomic E-state index is -3.61. The molecule has 3 N–H and O–H groups in total. The molecule has 0 radical (unpaired) electrons. The predicted molar refractivity (Wildman–Crippen MR) is 85.6 cm³/mol. The average Bonchev–Trinajstić information content (AvgIpc) is 2.33.